The van der Waals surface area contributed by atoms with Crippen LogP contribution in [0, 0.1) is 11.3 Å². The summed E-state index contributed by atoms with van der Waals surface area (Å²) in [6, 6.07) is 1.65. The number of hydrogen-bond acceptors (Lipinski definition) is 3. The first-order chi connectivity index (χ1) is 7.04. The lowest BCUT2D eigenvalue weighted by molar-refractivity contribution is -0.146. The Morgan fingerprint density at radius 3 is 2.60 bits per heavy atom. The normalized spacial score (nSPS) is 9.20. The van der Waals surface area contributed by atoms with Crippen LogP contribution in [-0.2, 0) is 9.59 Å². The van der Waals surface area contributed by atoms with Crippen molar-refractivity contribution >= 4 is 11.8 Å². The van der Waals surface area contributed by atoms with Gasteiger partial charge in [0.25, 0.3) is 0 Å². The van der Waals surface area contributed by atoms with Gasteiger partial charge in [-0.3, -0.25) is 9.59 Å². The minimum atomic E-state index is -0.757. The molecular weight excluding hydrogens is 194 g/mol. The van der Waals surface area contributed by atoms with Gasteiger partial charge in [-0.05, 0) is 13.8 Å². The van der Waals surface area contributed by atoms with Crippen molar-refractivity contribution in [1.82, 2.24) is 10.2 Å². The molecule has 0 atom stereocenters. The highest BCUT2D eigenvalue weighted by atomic mass is 16.2. The molecule has 0 unspecified atom stereocenters. The summed E-state index contributed by atoms with van der Waals surface area (Å²) in [7, 11) is 0. The van der Waals surface area contributed by atoms with Gasteiger partial charge in [0.05, 0.1) is 6.07 Å². The van der Waals surface area contributed by atoms with Crippen LogP contribution in [0.2, 0.25) is 0 Å². The second-order valence-corrected chi connectivity index (χ2v) is 3.18. The molecule has 0 saturated heterocycles. The summed E-state index contributed by atoms with van der Waals surface area (Å²) < 4.78 is 0. The van der Waals surface area contributed by atoms with Gasteiger partial charge >= 0.3 is 11.8 Å². The van der Waals surface area contributed by atoms with E-state index in [1.54, 1.807) is 26.0 Å². The molecule has 0 aliphatic rings. The molecule has 0 aliphatic carbocycles. The van der Waals surface area contributed by atoms with Crippen molar-refractivity contribution < 1.29 is 9.59 Å². The van der Waals surface area contributed by atoms with Crippen molar-refractivity contribution in [3.63, 3.8) is 0 Å². The van der Waals surface area contributed by atoms with Crippen molar-refractivity contribution in [2.24, 2.45) is 0 Å². The Morgan fingerprint density at radius 1 is 1.60 bits per heavy atom. The van der Waals surface area contributed by atoms with Gasteiger partial charge in [0.15, 0.2) is 0 Å². The Balaban J connectivity index is 4.43. The van der Waals surface area contributed by atoms with Crippen LogP contribution in [0.15, 0.2) is 12.7 Å². The lowest BCUT2D eigenvalue weighted by Gasteiger charge is -2.24. The van der Waals surface area contributed by atoms with Crippen LogP contribution in [0.1, 0.15) is 13.8 Å². The van der Waals surface area contributed by atoms with Gasteiger partial charge < -0.3 is 10.2 Å². The third-order valence-electron chi connectivity index (χ3n) is 1.73. The molecule has 5 nitrogen and oxygen atoms in total. The molecule has 0 saturated carbocycles. The fourth-order valence-corrected chi connectivity index (χ4v) is 0.993. The maximum atomic E-state index is 11.5. The zero-order valence-corrected chi connectivity index (χ0v) is 8.99. The molecule has 82 valence electrons. The monoisotopic (exact) mass is 209 g/mol. The number of hydrogen-bond donors (Lipinski definition) is 1. The summed E-state index contributed by atoms with van der Waals surface area (Å²) in [5, 5.41) is 10.4. The highest BCUT2D eigenvalue weighted by Crippen LogP contribution is 1.98. The molecule has 0 aromatic carbocycles. The van der Waals surface area contributed by atoms with Crippen LogP contribution in [0.3, 0.4) is 0 Å². The van der Waals surface area contributed by atoms with E-state index in [1.165, 1.54) is 4.90 Å². The maximum Gasteiger partial charge on any atom is 0.312 e. The summed E-state index contributed by atoms with van der Waals surface area (Å²) in [5.74, 6) is -1.40. The average Bonchev–Trinajstić information content (AvgIpc) is 2.21. The fourth-order valence-electron chi connectivity index (χ4n) is 0.993. The van der Waals surface area contributed by atoms with E-state index in [4.69, 9.17) is 5.26 Å². The van der Waals surface area contributed by atoms with E-state index in [2.05, 4.69) is 11.9 Å². The Hall–Kier alpha value is -1.83. The number of nitrogens with zero attached hydrogens (tertiary/aromatic N) is 2. The Bertz CT molecular complexity index is 292. The van der Waals surface area contributed by atoms with E-state index < -0.39 is 11.8 Å². The van der Waals surface area contributed by atoms with Crippen molar-refractivity contribution in [2.45, 2.75) is 19.9 Å². The van der Waals surface area contributed by atoms with E-state index in [0.29, 0.717) is 6.54 Å². The van der Waals surface area contributed by atoms with Crippen LogP contribution in [-0.4, -0.2) is 35.8 Å². The number of carbonyl (C=O) groups is 2. The topological polar surface area (TPSA) is 73.2 Å². The van der Waals surface area contributed by atoms with Gasteiger partial charge in [0, 0.05) is 12.6 Å². The van der Waals surface area contributed by atoms with Gasteiger partial charge in [-0.2, -0.15) is 5.26 Å². The zero-order chi connectivity index (χ0) is 11.8. The molecule has 15 heavy (non-hydrogen) atoms. The van der Waals surface area contributed by atoms with Crippen molar-refractivity contribution in [1.29, 1.82) is 5.26 Å². The minimum absolute atomic E-state index is 0.0802. The molecule has 2 amide bonds. The average molecular weight is 209 g/mol. The predicted molar refractivity (Wildman–Crippen MR) is 55.7 cm³/mol. The molecule has 0 aliphatic heterocycles. The molecule has 0 heterocycles. The van der Waals surface area contributed by atoms with E-state index >= 15 is 0 Å². The summed E-state index contributed by atoms with van der Waals surface area (Å²) >= 11 is 0. The molecule has 0 fully saturated rings. The van der Waals surface area contributed by atoms with Crippen LogP contribution >= 0.6 is 0 Å². The minimum Gasteiger partial charge on any atom is -0.335 e. The Morgan fingerprint density at radius 2 is 2.20 bits per heavy atom. The molecule has 0 bridgehead atoms. The van der Waals surface area contributed by atoms with Crippen molar-refractivity contribution in [2.75, 3.05) is 13.1 Å². The number of amides is 2. The van der Waals surface area contributed by atoms with Crippen LogP contribution in [0.5, 0.6) is 0 Å². The molecule has 0 spiro atoms. The smallest absolute Gasteiger partial charge is 0.312 e. The molecular formula is C10H15N3O2. The number of nitriles is 1. The quantitative estimate of drug-likeness (QED) is 0.404. The van der Waals surface area contributed by atoms with E-state index in [9.17, 15) is 9.59 Å². The van der Waals surface area contributed by atoms with E-state index in [0.717, 1.165) is 0 Å². The number of nitrogens with one attached hydrogen (secondary N) is 1. The van der Waals surface area contributed by atoms with Crippen molar-refractivity contribution in [3.8, 4) is 6.07 Å². The molecule has 0 rings (SSSR count). The summed E-state index contributed by atoms with van der Waals surface area (Å²) in [6.07, 6.45) is 1.55. The summed E-state index contributed by atoms with van der Waals surface area (Å²) in [4.78, 5) is 24.1. The standard InChI is InChI=1S/C10H15N3O2/c1-4-7-13(8(2)3)10(15)9(14)12-6-5-11/h4,8H,1,6-7H2,2-3H3,(H,12,14). The highest BCUT2D eigenvalue weighted by Gasteiger charge is 2.22. The maximum absolute atomic E-state index is 11.5. The summed E-state index contributed by atoms with van der Waals surface area (Å²) in [6.45, 7) is 7.27. The Kier molecular flexibility index (Phi) is 5.79. The second-order valence-electron chi connectivity index (χ2n) is 3.18. The lowest BCUT2D eigenvalue weighted by atomic mass is 10.3. The molecule has 0 aromatic rings. The van der Waals surface area contributed by atoms with Crippen LogP contribution in [0.25, 0.3) is 0 Å². The fraction of sp³-hybridized carbons (Fsp3) is 0.500. The van der Waals surface area contributed by atoms with Gasteiger partial charge in [-0.25, -0.2) is 0 Å². The van der Waals surface area contributed by atoms with E-state index in [1.807, 2.05) is 0 Å². The number of rotatable bonds is 4. The predicted octanol–water partition coefficient (Wildman–Crippen LogP) is 0.0492. The van der Waals surface area contributed by atoms with Crippen LogP contribution < -0.4 is 5.32 Å². The first-order valence-electron chi connectivity index (χ1n) is 4.61. The molecule has 0 radical (unpaired) electrons. The lowest BCUT2D eigenvalue weighted by Crippen LogP contribution is -2.46. The van der Waals surface area contributed by atoms with Crippen LogP contribution in [0.4, 0.5) is 0 Å². The zero-order valence-electron chi connectivity index (χ0n) is 8.99. The SMILES string of the molecule is C=CCN(C(=O)C(=O)NCC#N)C(C)C. The van der Waals surface area contributed by atoms with E-state index in [-0.39, 0.29) is 12.6 Å². The molecule has 1 N–H and O–H groups in total. The molecule has 0 aromatic heterocycles. The third-order valence-corrected chi connectivity index (χ3v) is 1.73. The largest absolute Gasteiger partial charge is 0.335 e. The van der Waals surface area contributed by atoms with Gasteiger partial charge in [0.1, 0.15) is 6.54 Å². The Labute approximate surface area is 89.4 Å². The number of carbonyl (C=O) groups excluding carboxylic acids is 2. The first-order valence-corrected chi connectivity index (χ1v) is 4.61. The van der Waals surface area contributed by atoms with Gasteiger partial charge in [-0.1, -0.05) is 6.08 Å². The van der Waals surface area contributed by atoms with Gasteiger partial charge in [0.2, 0.25) is 0 Å². The van der Waals surface area contributed by atoms with Gasteiger partial charge in [-0.15, -0.1) is 6.58 Å². The van der Waals surface area contributed by atoms with Crippen molar-refractivity contribution in [3.05, 3.63) is 12.7 Å². The third kappa shape index (κ3) is 4.27. The first kappa shape index (κ1) is 13.2. The molecule has 5 heteroatoms. The highest BCUT2D eigenvalue weighted by molar-refractivity contribution is 6.35. The second kappa shape index (κ2) is 6.60. The summed E-state index contributed by atoms with van der Waals surface area (Å²) in [5.41, 5.74) is 0.